The van der Waals surface area contributed by atoms with Crippen molar-refractivity contribution in [3.63, 3.8) is 0 Å². The number of nitrogens with zero attached hydrogens (tertiary/aromatic N) is 2. The third-order valence-corrected chi connectivity index (χ3v) is 3.71. The first-order valence-electron chi connectivity index (χ1n) is 6.63. The number of rotatable bonds is 5. The molecule has 0 unspecified atom stereocenters. The molecule has 5 heteroatoms. The van der Waals surface area contributed by atoms with Crippen LogP contribution in [0, 0.1) is 12.8 Å². The van der Waals surface area contributed by atoms with E-state index < -0.39 is 0 Å². The van der Waals surface area contributed by atoms with E-state index in [-0.39, 0.29) is 0 Å². The van der Waals surface area contributed by atoms with Crippen molar-refractivity contribution in [1.82, 2.24) is 4.90 Å². The van der Waals surface area contributed by atoms with Crippen LogP contribution in [-0.4, -0.2) is 36.7 Å². The molecule has 0 aromatic heterocycles. The van der Waals surface area contributed by atoms with Crippen LogP contribution in [0.15, 0.2) is 23.2 Å². The Balaban J connectivity index is 2.72. The SMILES string of the molecule is Cc1cc(Cl)ccc1N=C(SCOCC(C)C)N(C)C. The van der Waals surface area contributed by atoms with Crippen molar-refractivity contribution in [2.75, 3.05) is 26.6 Å². The van der Waals surface area contributed by atoms with Gasteiger partial charge in [-0.25, -0.2) is 4.99 Å². The van der Waals surface area contributed by atoms with Crippen molar-refractivity contribution in [3.8, 4) is 0 Å². The van der Waals surface area contributed by atoms with Crippen molar-refractivity contribution in [3.05, 3.63) is 28.8 Å². The zero-order chi connectivity index (χ0) is 15.1. The molecule has 0 saturated heterocycles. The quantitative estimate of drug-likeness (QED) is 0.345. The summed E-state index contributed by atoms with van der Waals surface area (Å²) in [5.41, 5.74) is 2.01. The van der Waals surface area contributed by atoms with Gasteiger partial charge in [-0.1, -0.05) is 37.2 Å². The van der Waals surface area contributed by atoms with Crippen LogP contribution in [0.2, 0.25) is 5.02 Å². The third-order valence-electron chi connectivity index (χ3n) is 2.48. The molecule has 0 saturated carbocycles. The number of halogens is 1. The first kappa shape index (κ1) is 17.3. The summed E-state index contributed by atoms with van der Waals surface area (Å²) in [6.45, 7) is 7.07. The van der Waals surface area contributed by atoms with Gasteiger partial charge in [0.25, 0.3) is 0 Å². The second kappa shape index (κ2) is 8.55. The highest BCUT2D eigenvalue weighted by molar-refractivity contribution is 8.13. The fourth-order valence-corrected chi connectivity index (χ4v) is 2.42. The van der Waals surface area contributed by atoms with Gasteiger partial charge in [-0.3, -0.25) is 0 Å². The highest BCUT2D eigenvalue weighted by Gasteiger charge is 2.06. The summed E-state index contributed by atoms with van der Waals surface area (Å²) < 4.78 is 5.60. The molecule has 1 rings (SSSR count). The fourth-order valence-electron chi connectivity index (χ4n) is 1.49. The molecule has 0 aliphatic carbocycles. The molecule has 0 atom stereocenters. The van der Waals surface area contributed by atoms with E-state index in [1.807, 2.05) is 44.1 Å². The van der Waals surface area contributed by atoms with Crippen LogP contribution in [-0.2, 0) is 4.74 Å². The minimum Gasteiger partial charge on any atom is -0.370 e. The lowest BCUT2D eigenvalue weighted by Gasteiger charge is -2.16. The van der Waals surface area contributed by atoms with Gasteiger partial charge in [0.05, 0.1) is 18.2 Å². The molecule has 112 valence electrons. The lowest BCUT2D eigenvalue weighted by Crippen LogP contribution is -2.19. The zero-order valence-corrected chi connectivity index (χ0v) is 14.4. The van der Waals surface area contributed by atoms with Crippen LogP contribution >= 0.6 is 23.4 Å². The molecule has 0 aliphatic heterocycles. The average molecular weight is 315 g/mol. The summed E-state index contributed by atoms with van der Waals surface area (Å²) in [6, 6.07) is 5.73. The summed E-state index contributed by atoms with van der Waals surface area (Å²) in [6.07, 6.45) is 0. The number of amidine groups is 1. The molecule has 0 bridgehead atoms. The van der Waals surface area contributed by atoms with E-state index in [1.165, 1.54) is 0 Å². The molecule has 0 N–H and O–H groups in total. The van der Waals surface area contributed by atoms with Gasteiger partial charge in [0.15, 0.2) is 5.17 Å². The summed E-state index contributed by atoms with van der Waals surface area (Å²) in [5, 5.41) is 1.67. The number of ether oxygens (including phenoxy) is 1. The van der Waals surface area contributed by atoms with E-state index in [0.717, 1.165) is 28.0 Å². The summed E-state index contributed by atoms with van der Waals surface area (Å²) in [5.74, 6) is 1.16. The summed E-state index contributed by atoms with van der Waals surface area (Å²) >= 11 is 7.56. The minimum absolute atomic E-state index is 0.550. The Morgan fingerprint density at radius 3 is 2.65 bits per heavy atom. The van der Waals surface area contributed by atoms with E-state index in [2.05, 4.69) is 18.8 Å². The predicted molar refractivity (Wildman–Crippen MR) is 90.2 cm³/mol. The van der Waals surface area contributed by atoms with Crippen molar-refractivity contribution in [1.29, 1.82) is 0 Å². The van der Waals surface area contributed by atoms with Gasteiger partial charge in [0.1, 0.15) is 0 Å². The normalized spacial score (nSPS) is 12.1. The lowest BCUT2D eigenvalue weighted by molar-refractivity contribution is 0.153. The van der Waals surface area contributed by atoms with Crippen LogP contribution in [0.4, 0.5) is 5.69 Å². The van der Waals surface area contributed by atoms with Crippen molar-refractivity contribution < 1.29 is 4.74 Å². The van der Waals surface area contributed by atoms with Crippen molar-refractivity contribution >= 4 is 34.2 Å². The molecule has 0 fully saturated rings. The highest BCUT2D eigenvalue weighted by atomic mass is 35.5. The lowest BCUT2D eigenvalue weighted by atomic mass is 10.2. The molecular formula is C15H23ClN2OS. The van der Waals surface area contributed by atoms with Gasteiger partial charge in [0, 0.05) is 19.1 Å². The zero-order valence-electron chi connectivity index (χ0n) is 12.8. The molecule has 0 radical (unpaired) electrons. The molecule has 0 spiro atoms. The van der Waals surface area contributed by atoms with Crippen molar-refractivity contribution in [2.45, 2.75) is 20.8 Å². The third kappa shape index (κ3) is 6.16. The van der Waals surface area contributed by atoms with Gasteiger partial charge < -0.3 is 9.64 Å². The van der Waals surface area contributed by atoms with Crippen LogP contribution in [0.5, 0.6) is 0 Å². The molecular weight excluding hydrogens is 292 g/mol. The van der Waals surface area contributed by atoms with Gasteiger partial charge in [-0.2, -0.15) is 0 Å². The van der Waals surface area contributed by atoms with Crippen LogP contribution in [0.25, 0.3) is 0 Å². The number of thioether (sulfide) groups is 1. The highest BCUT2D eigenvalue weighted by Crippen LogP contribution is 2.24. The fraction of sp³-hybridized carbons (Fsp3) is 0.533. The maximum Gasteiger partial charge on any atom is 0.166 e. The maximum absolute atomic E-state index is 5.96. The van der Waals surface area contributed by atoms with Gasteiger partial charge in [-0.15, -0.1) is 0 Å². The summed E-state index contributed by atoms with van der Waals surface area (Å²) in [4.78, 5) is 6.68. The average Bonchev–Trinajstić information content (AvgIpc) is 2.34. The van der Waals surface area contributed by atoms with E-state index in [9.17, 15) is 0 Å². The second-order valence-corrected chi connectivity index (χ2v) is 6.57. The van der Waals surface area contributed by atoms with Gasteiger partial charge in [-0.05, 0) is 36.6 Å². The Morgan fingerprint density at radius 2 is 2.10 bits per heavy atom. The molecule has 1 aromatic carbocycles. The number of aryl methyl sites for hydroxylation is 1. The number of hydrogen-bond acceptors (Lipinski definition) is 3. The maximum atomic E-state index is 5.96. The van der Waals surface area contributed by atoms with Gasteiger partial charge >= 0.3 is 0 Å². The first-order chi connectivity index (χ1) is 9.40. The molecule has 3 nitrogen and oxygen atoms in total. The van der Waals surface area contributed by atoms with Crippen LogP contribution in [0.3, 0.4) is 0 Å². The number of benzene rings is 1. The molecule has 0 amide bonds. The molecule has 0 heterocycles. The smallest absolute Gasteiger partial charge is 0.166 e. The van der Waals surface area contributed by atoms with E-state index in [1.54, 1.807) is 11.8 Å². The second-order valence-electron chi connectivity index (χ2n) is 5.25. The number of aliphatic imine (C=N–C) groups is 1. The summed E-state index contributed by atoms with van der Waals surface area (Å²) in [7, 11) is 3.97. The Labute approximate surface area is 131 Å². The van der Waals surface area contributed by atoms with Crippen molar-refractivity contribution in [2.24, 2.45) is 10.9 Å². The Morgan fingerprint density at radius 1 is 1.40 bits per heavy atom. The molecule has 0 aliphatic rings. The van der Waals surface area contributed by atoms with E-state index in [4.69, 9.17) is 16.3 Å². The van der Waals surface area contributed by atoms with Crippen LogP contribution < -0.4 is 0 Å². The Hall–Kier alpha value is -0.710. The molecule has 1 aromatic rings. The Bertz CT molecular complexity index is 461. The van der Waals surface area contributed by atoms with Crippen LogP contribution in [0.1, 0.15) is 19.4 Å². The first-order valence-corrected chi connectivity index (χ1v) is 7.99. The topological polar surface area (TPSA) is 24.8 Å². The Kier molecular flexibility index (Phi) is 7.41. The van der Waals surface area contributed by atoms with Gasteiger partial charge in [0.2, 0.25) is 0 Å². The molecule has 20 heavy (non-hydrogen) atoms. The monoisotopic (exact) mass is 314 g/mol. The van der Waals surface area contributed by atoms with E-state index in [0.29, 0.717) is 11.9 Å². The van der Waals surface area contributed by atoms with E-state index >= 15 is 0 Å². The number of hydrogen-bond donors (Lipinski definition) is 0. The predicted octanol–water partition coefficient (Wildman–Crippen LogP) is 4.56. The standard InChI is InChI=1S/C15H23ClN2OS/c1-11(2)9-19-10-20-15(18(4)5)17-14-7-6-13(16)8-12(14)3/h6-8,11H,9-10H2,1-5H3. The minimum atomic E-state index is 0.550. The largest absolute Gasteiger partial charge is 0.370 e.